The van der Waals surface area contributed by atoms with Crippen LogP contribution in [-0.2, 0) is 11.3 Å². The molecule has 4 amide bonds. The second-order valence-corrected chi connectivity index (χ2v) is 7.40. The van der Waals surface area contributed by atoms with E-state index < -0.39 is 6.03 Å². The number of anilines is 1. The van der Waals surface area contributed by atoms with Crippen molar-refractivity contribution in [3.05, 3.63) is 42.0 Å². The Balaban J connectivity index is 1.47. The first-order valence-electron chi connectivity index (χ1n) is 10.0. The lowest BCUT2D eigenvalue weighted by Crippen LogP contribution is -2.50. The number of nitrogens with zero attached hydrogens (tertiary/aromatic N) is 4. The summed E-state index contributed by atoms with van der Waals surface area (Å²) in [7, 11) is 0. The largest absolute Gasteiger partial charge is 0.345 e. The maximum Gasteiger partial charge on any atom is 0.328 e. The number of aromatic nitrogens is 3. The molecule has 0 bridgehead atoms. The number of hydrogen-bond donors (Lipinski definition) is 2. The van der Waals surface area contributed by atoms with E-state index >= 15 is 0 Å². The number of hydrogen-bond acceptors (Lipinski definition) is 5. The van der Waals surface area contributed by atoms with Crippen molar-refractivity contribution in [3.63, 3.8) is 0 Å². The van der Waals surface area contributed by atoms with E-state index in [0.29, 0.717) is 17.3 Å². The van der Waals surface area contributed by atoms with Gasteiger partial charge in [0.25, 0.3) is 5.91 Å². The number of benzene rings is 1. The topological polar surface area (TPSA) is 109 Å². The monoisotopic (exact) mass is 396 g/mol. The van der Waals surface area contributed by atoms with Crippen LogP contribution in [0.1, 0.15) is 60.7 Å². The third-order valence-corrected chi connectivity index (χ3v) is 5.52. The second-order valence-electron chi connectivity index (χ2n) is 7.40. The second kappa shape index (κ2) is 8.42. The maximum absolute atomic E-state index is 12.9. The first-order chi connectivity index (χ1) is 14.1. The van der Waals surface area contributed by atoms with Crippen molar-refractivity contribution in [2.45, 2.75) is 51.1 Å². The van der Waals surface area contributed by atoms with Crippen LogP contribution in [0.25, 0.3) is 0 Å². The number of carbonyl (C=O) groups is 3. The van der Waals surface area contributed by atoms with E-state index in [-0.39, 0.29) is 31.3 Å². The van der Waals surface area contributed by atoms with Gasteiger partial charge in [0.2, 0.25) is 5.91 Å². The molecule has 0 unspecified atom stereocenters. The summed E-state index contributed by atoms with van der Waals surface area (Å²) in [6.45, 7) is 0.499. The van der Waals surface area contributed by atoms with Crippen LogP contribution in [0.5, 0.6) is 0 Å². The Hall–Kier alpha value is -3.23. The lowest BCUT2D eigenvalue weighted by molar-refractivity contribution is -0.120. The van der Waals surface area contributed by atoms with Gasteiger partial charge in [-0.05, 0) is 25.0 Å². The zero-order valence-corrected chi connectivity index (χ0v) is 16.1. The van der Waals surface area contributed by atoms with Crippen molar-refractivity contribution in [3.8, 4) is 0 Å². The van der Waals surface area contributed by atoms with Gasteiger partial charge in [0.15, 0.2) is 5.82 Å². The van der Waals surface area contributed by atoms with Gasteiger partial charge >= 0.3 is 6.03 Å². The summed E-state index contributed by atoms with van der Waals surface area (Å²) in [5.74, 6) is 0.114. The third kappa shape index (κ3) is 4.13. The van der Waals surface area contributed by atoms with Crippen LogP contribution in [0.3, 0.4) is 0 Å². The first-order valence-corrected chi connectivity index (χ1v) is 10.0. The molecule has 152 valence electrons. The Morgan fingerprint density at radius 1 is 1.17 bits per heavy atom. The van der Waals surface area contributed by atoms with Crippen LogP contribution in [0.15, 0.2) is 30.6 Å². The fourth-order valence-corrected chi connectivity index (χ4v) is 4.01. The van der Waals surface area contributed by atoms with Gasteiger partial charge in [-0.1, -0.05) is 31.4 Å². The lowest BCUT2D eigenvalue weighted by atomic mass is 9.95. The SMILES string of the molecule is O=C1CCN(c2ccccc2C(=O)NCc2nncn2C2CCCCC2)C(=O)N1. The van der Waals surface area contributed by atoms with Crippen molar-refractivity contribution in [1.29, 1.82) is 0 Å². The molecule has 2 aliphatic rings. The molecule has 1 aromatic heterocycles. The van der Waals surface area contributed by atoms with Crippen LogP contribution < -0.4 is 15.5 Å². The van der Waals surface area contributed by atoms with Gasteiger partial charge in [-0.2, -0.15) is 0 Å². The Morgan fingerprint density at radius 2 is 1.97 bits per heavy atom. The summed E-state index contributed by atoms with van der Waals surface area (Å²) in [6, 6.07) is 6.74. The van der Waals surface area contributed by atoms with Gasteiger partial charge in [0, 0.05) is 19.0 Å². The molecular formula is C20H24N6O3. The Morgan fingerprint density at radius 3 is 2.76 bits per heavy atom. The van der Waals surface area contributed by atoms with Crippen LogP contribution in [0, 0.1) is 0 Å². The van der Waals surface area contributed by atoms with E-state index in [4.69, 9.17) is 0 Å². The first kappa shape index (κ1) is 19.1. The summed E-state index contributed by atoms with van der Waals surface area (Å²) in [4.78, 5) is 37.9. The van der Waals surface area contributed by atoms with Crippen LogP contribution in [0.4, 0.5) is 10.5 Å². The van der Waals surface area contributed by atoms with Gasteiger partial charge in [-0.15, -0.1) is 10.2 Å². The average Bonchev–Trinajstić information content (AvgIpc) is 3.21. The van der Waals surface area contributed by atoms with Crippen molar-refractivity contribution in [1.82, 2.24) is 25.4 Å². The van der Waals surface area contributed by atoms with E-state index in [1.54, 1.807) is 30.6 Å². The van der Waals surface area contributed by atoms with Crippen molar-refractivity contribution in [2.24, 2.45) is 0 Å². The maximum atomic E-state index is 12.9. The number of carbonyl (C=O) groups excluding carboxylic acids is 3. The van der Waals surface area contributed by atoms with Gasteiger partial charge < -0.3 is 9.88 Å². The molecule has 0 radical (unpaired) electrons. The molecule has 1 aliphatic carbocycles. The fraction of sp³-hybridized carbons (Fsp3) is 0.450. The Labute approximate surface area is 168 Å². The molecule has 4 rings (SSSR count). The highest BCUT2D eigenvalue weighted by atomic mass is 16.2. The van der Waals surface area contributed by atoms with Gasteiger partial charge in [0.1, 0.15) is 6.33 Å². The molecule has 1 saturated carbocycles. The number of para-hydroxylation sites is 1. The van der Waals surface area contributed by atoms with Gasteiger partial charge in [-0.3, -0.25) is 19.8 Å². The highest BCUT2D eigenvalue weighted by Crippen LogP contribution is 2.28. The zero-order valence-electron chi connectivity index (χ0n) is 16.1. The van der Waals surface area contributed by atoms with Crippen LogP contribution >= 0.6 is 0 Å². The summed E-state index contributed by atoms with van der Waals surface area (Å²) < 4.78 is 2.06. The van der Waals surface area contributed by atoms with E-state index in [0.717, 1.165) is 18.7 Å². The minimum Gasteiger partial charge on any atom is -0.345 e. The molecule has 2 N–H and O–H groups in total. The smallest absolute Gasteiger partial charge is 0.328 e. The standard InChI is InChI=1S/C20H24N6O3/c27-18-10-11-25(20(29)23-18)16-9-5-4-8-15(16)19(28)21-12-17-24-22-13-26(17)14-6-2-1-3-7-14/h4-5,8-9,13-14H,1-3,6-7,10-12H2,(H,21,28)(H,23,27,29). The molecule has 29 heavy (non-hydrogen) atoms. The Bertz CT molecular complexity index is 918. The number of amides is 4. The van der Waals surface area contributed by atoms with E-state index in [2.05, 4.69) is 25.4 Å². The average molecular weight is 396 g/mol. The van der Waals surface area contributed by atoms with E-state index in [9.17, 15) is 14.4 Å². The van der Waals surface area contributed by atoms with Crippen molar-refractivity contribution >= 4 is 23.5 Å². The number of imide groups is 1. The molecule has 0 spiro atoms. The number of nitrogens with one attached hydrogen (secondary N) is 2. The fourth-order valence-electron chi connectivity index (χ4n) is 4.01. The third-order valence-electron chi connectivity index (χ3n) is 5.52. The minimum absolute atomic E-state index is 0.201. The lowest BCUT2D eigenvalue weighted by Gasteiger charge is -2.28. The molecule has 0 atom stereocenters. The van der Waals surface area contributed by atoms with E-state index in [1.807, 2.05) is 0 Å². The molecular weight excluding hydrogens is 372 g/mol. The summed E-state index contributed by atoms with van der Waals surface area (Å²) in [6.07, 6.45) is 7.80. The molecule has 2 aromatic rings. The minimum atomic E-state index is -0.515. The molecule has 1 saturated heterocycles. The predicted octanol–water partition coefficient (Wildman–Crippen LogP) is 2.16. The quantitative estimate of drug-likeness (QED) is 0.805. The summed E-state index contributed by atoms with van der Waals surface area (Å²) in [5, 5.41) is 13.4. The molecule has 1 aliphatic heterocycles. The zero-order chi connectivity index (χ0) is 20.2. The molecule has 9 nitrogen and oxygen atoms in total. The van der Waals surface area contributed by atoms with Crippen molar-refractivity contribution < 1.29 is 14.4 Å². The highest BCUT2D eigenvalue weighted by molar-refractivity contribution is 6.09. The predicted molar refractivity (Wildman–Crippen MR) is 105 cm³/mol. The number of rotatable bonds is 5. The van der Waals surface area contributed by atoms with Gasteiger partial charge in [0.05, 0.1) is 17.8 Å². The molecule has 1 aromatic carbocycles. The van der Waals surface area contributed by atoms with Crippen LogP contribution in [0.2, 0.25) is 0 Å². The van der Waals surface area contributed by atoms with Crippen molar-refractivity contribution in [2.75, 3.05) is 11.4 Å². The number of urea groups is 1. The Kier molecular flexibility index (Phi) is 5.55. The normalized spacial score (nSPS) is 17.9. The van der Waals surface area contributed by atoms with E-state index in [1.165, 1.54) is 24.2 Å². The summed E-state index contributed by atoms with van der Waals surface area (Å²) in [5.41, 5.74) is 0.851. The summed E-state index contributed by atoms with van der Waals surface area (Å²) >= 11 is 0. The molecule has 2 fully saturated rings. The van der Waals surface area contributed by atoms with Gasteiger partial charge in [-0.25, -0.2) is 4.79 Å². The van der Waals surface area contributed by atoms with Crippen LogP contribution in [-0.4, -0.2) is 39.2 Å². The molecule has 9 heteroatoms. The molecule has 2 heterocycles. The highest BCUT2D eigenvalue weighted by Gasteiger charge is 2.27.